The smallest absolute Gasteiger partial charge is 0.414 e. The van der Waals surface area contributed by atoms with Crippen LogP contribution in [-0.2, 0) is 19.8 Å². The summed E-state index contributed by atoms with van der Waals surface area (Å²) in [6.07, 6.45) is 0.0859. The SMILES string of the molecule is CC(=O)NC[C@H]1CN(c2ccc(-c3ccc(C4(NC(=O)OC(C)(C)C)CC4)cc3)c(F)c2)C(=O)O1. The van der Waals surface area contributed by atoms with Gasteiger partial charge in [-0.05, 0) is 62.9 Å². The highest BCUT2D eigenvalue weighted by atomic mass is 19.1. The standard InChI is InChI=1S/C26H30FN3O5/c1-16(31)28-14-20-15-30(24(33)34-20)19-9-10-21(22(27)13-19)17-5-7-18(8-6-17)26(11-12-26)29-23(32)35-25(2,3)4/h5-10,13,20H,11-12,14-15H2,1-4H3,(H,28,31)(H,29,32)/t20-/m0/s1. The maximum absolute atomic E-state index is 15.0. The zero-order chi connectivity index (χ0) is 25.4. The molecule has 8 nitrogen and oxygen atoms in total. The molecular formula is C26H30FN3O5. The number of hydrogen-bond acceptors (Lipinski definition) is 5. The Morgan fingerprint density at radius 3 is 2.43 bits per heavy atom. The normalized spacial score (nSPS) is 18.6. The molecule has 2 N–H and O–H groups in total. The maximum Gasteiger partial charge on any atom is 0.414 e. The number of alkyl carbamates (subject to hydrolysis) is 1. The molecule has 0 unspecified atom stereocenters. The zero-order valence-electron chi connectivity index (χ0n) is 20.3. The number of rotatable bonds is 6. The predicted octanol–water partition coefficient (Wildman–Crippen LogP) is 4.47. The van der Waals surface area contributed by atoms with Crippen LogP contribution >= 0.6 is 0 Å². The molecule has 1 heterocycles. The van der Waals surface area contributed by atoms with Gasteiger partial charge in [0.15, 0.2) is 0 Å². The molecule has 3 amide bonds. The van der Waals surface area contributed by atoms with E-state index in [1.807, 2.05) is 45.0 Å². The van der Waals surface area contributed by atoms with Crippen molar-refractivity contribution in [1.29, 1.82) is 0 Å². The fraction of sp³-hybridized carbons (Fsp3) is 0.423. The minimum Gasteiger partial charge on any atom is -0.444 e. The van der Waals surface area contributed by atoms with Crippen molar-refractivity contribution in [3.63, 3.8) is 0 Å². The number of amides is 3. The van der Waals surface area contributed by atoms with E-state index in [1.165, 1.54) is 17.9 Å². The van der Waals surface area contributed by atoms with Crippen LogP contribution < -0.4 is 15.5 Å². The van der Waals surface area contributed by atoms with E-state index in [0.717, 1.165) is 18.4 Å². The average molecular weight is 484 g/mol. The topological polar surface area (TPSA) is 97.0 Å². The Balaban J connectivity index is 1.44. The van der Waals surface area contributed by atoms with Gasteiger partial charge in [0, 0.05) is 12.5 Å². The second kappa shape index (κ2) is 9.20. The maximum atomic E-state index is 15.0. The molecule has 1 aliphatic heterocycles. The first-order valence-electron chi connectivity index (χ1n) is 11.6. The van der Waals surface area contributed by atoms with E-state index in [4.69, 9.17) is 9.47 Å². The van der Waals surface area contributed by atoms with Crippen LogP contribution in [0.25, 0.3) is 11.1 Å². The lowest BCUT2D eigenvalue weighted by Crippen LogP contribution is -2.39. The van der Waals surface area contributed by atoms with Crippen LogP contribution in [-0.4, -0.2) is 42.9 Å². The fourth-order valence-electron chi connectivity index (χ4n) is 4.08. The van der Waals surface area contributed by atoms with Gasteiger partial charge in [0.25, 0.3) is 0 Å². The van der Waals surface area contributed by atoms with Crippen molar-refractivity contribution in [2.45, 2.75) is 57.8 Å². The Hall–Kier alpha value is -3.62. The van der Waals surface area contributed by atoms with Crippen LogP contribution in [0.3, 0.4) is 0 Å². The lowest BCUT2D eigenvalue weighted by Gasteiger charge is -2.24. The molecule has 0 bridgehead atoms. The van der Waals surface area contributed by atoms with Crippen LogP contribution in [0.1, 0.15) is 46.1 Å². The highest BCUT2D eigenvalue weighted by molar-refractivity contribution is 5.90. The summed E-state index contributed by atoms with van der Waals surface area (Å²) in [4.78, 5) is 36.9. The Labute approximate surface area is 203 Å². The number of carbonyl (C=O) groups excluding carboxylic acids is 3. The molecule has 1 saturated carbocycles. The van der Waals surface area contributed by atoms with Gasteiger partial charge in [-0.3, -0.25) is 9.69 Å². The van der Waals surface area contributed by atoms with Crippen LogP contribution in [0.15, 0.2) is 42.5 Å². The number of hydrogen-bond donors (Lipinski definition) is 2. The monoisotopic (exact) mass is 483 g/mol. The molecule has 4 rings (SSSR count). The van der Waals surface area contributed by atoms with Gasteiger partial charge in [-0.1, -0.05) is 24.3 Å². The third-order valence-corrected chi connectivity index (χ3v) is 5.96. The average Bonchev–Trinajstić information content (AvgIpc) is 3.44. The minimum atomic E-state index is -0.580. The van der Waals surface area contributed by atoms with Crippen LogP contribution in [0.4, 0.5) is 19.7 Å². The van der Waals surface area contributed by atoms with Crippen molar-refractivity contribution in [1.82, 2.24) is 10.6 Å². The van der Waals surface area contributed by atoms with Gasteiger partial charge in [0.2, 0.25) is 5.91 Å². The molecule has 0 aromatic heterocycles. The number of anilines is 1. The quantitative estimate of drug-likeness (QED) is 0.632. The minimum absolute atomic E-state index is 0.203. The van der Waals surface area contributed by atoms with Crippen molar-refractivity contribution in [3.05, 3.63) is 53.8 Å². The summed E-state index contributed by atoms with van der Waals surface area (Å²) < 4.78 is 25.7. The number of halogens is 1. The summed E-state index contributed by atoms with van der Waals surface area (Å²) >= 11 is 0. The molecule has 186 valence electrons. The van der Waals surface area contributed by atoms with E-state index in [0.29, 0.717) is 16.8 Å². The summed E-state index contributed by atoms with van der Waals surface area (Å²) in [5.41, 5.74) is 1.37. The second-order valence-electron chi connectivity index (χ2n) is 10.0. The van der Waals surface area contributed by atoms with E-state index < -0.39 is 35.2 Å². The van der Waals surface area contributed by atoms with Crippen molar-refractivity contribution in [2.75, 3.05) is 18.0 Å². The molecule has 2 aromatic rings. The van der Waals surface area contributed by atoms with Crippen molar-refractivity contribution < 1.29 is 28.2 Å². The Bertz CT molecular complexity index is 1140. The molecule has 0 radical (unpaired) electrons. The number of nitrogens with one attached hydrogen (secondary N) is 2. The molecule has 2 fully saturated rings. The highest BCUT2D eigenvalue weighted by Crippen LogP contribution is 2.46. The van der Waals surface area contributed by atoms with Crippen molar-refractivity contribution in [3.8, 4) is 11.1 Å². The second-order valence-corrected chi connectivity index (χ2v) is 10.0. The highest BCUT2D eigenvalue weighted by Gasteiger charge is 2.46. The molecule has 1 atom stereocenters. The van der Waals surface area contributed by atoms with Crippen molar-refractivity contribution in [2.24, 2.45) is 0 Å². The number of cyclic esters (lactones) is 1. The summed E-state index contributed by atoms with van der Waals surface area (Å²) in [5, 5.41) is 5.58. The fourth-order valence-corrected chi connectivity index (χ4v) is 4.08. The summed E-state index contributed by atoms with van der Waals surface area (Å²) in [6.45, 7) is 7.26. The first kappa shape index (κ1) is 24.5. The zero-order valence-corrected chi connectivity index (χ0v) is 20.3. The van der Waals surface area contributed by atoms with Gasteiger partial charge >= 0.3 is 12.2 Å². The van der Waals surface area contributed by atoms with Crippen LogP contribution in [0.5, 0.6) is 0 Å². The Kier molecular flexibility index (Phi) is 6.44. The first-order chi connectivity index (χ1) is 16.5. The molecule has 1 aliphatic carbocycles. The molecule has 2 aromatic carbocycles. The van der Waals surface area contributed by atoms with Gasteiger partial charge < -0.3 is 20.1 Å². The molecule has 2 aliphatic rings. The number of ether oxygens (including phenoxy) is 2. The molecule has 0 spiro atoms. The van der Waals surface area contributed by atoms with Crippen LogP contribution in [0, 0.1) is 5.82 Å². The Morgan fingerprint density at radius 2 is 1.86 bits per heavy atom. The molecular weight excluding hydrogens is 453 g/mol. The third kappa shape index (κ3) is 5.72. The van der Waals surface area contributed by atoms with Gasteiger partial charge in [-0.25, -0.2) is 14.0 Å². The summed E-state index contributed by atoms with van der Waals surface area (Å²) in [7, 11) is 0. The largest absolute Gasteiger partial charge is 0.444 e. The van der Waals surface area contributed by atoms with E-state index in [9.17, 15) is 14.4 Å². The third-order valence-electron chi connectivity index (χ3n) is 5.96. The number of nitrogens with zero attached hydrogens (tertiary/aromatic N) is 1. The van der Waals surface area contributed by atoms with Gasteiger partial charge in [0.05, 0.1) is 24.3 Å². The van der Waals surface area contributed by atoms with Gasteiger partial charge in [0.1, 0.15) is 17.5 Å². The summed E-state index contributed by atoms with van der Waals surface area (Å²) in [5.74, 6) is -0.685. The Morgan fingerprint density at radius 1 is 1.17 bits per heavy atom. The van der Waals surface area contributed by atoms with Gasteiger partial charge in [-0.15, -0.1) is 0 Å². The van der Waals surface area contributed by atoms with E-state index in [2.05, 4.69) is 10.6 Å². The molecule has 9 heteroatoms. The van der Waals surface area contributed by atoms with E-state index >= 15 is 4.39 Å². The predicted molar refractivity (Wildman–Crippen MR) is 128 cm³/mol. The molecule has 1 saturated heterocycles. The van der Waals surface area contributed by atoms with Crippen LogP contribution in [0.2, 0.25) is 0 Å². The lowest BCUT2D eigenvalue weighted by atomic mass is 9.99. The number of carbonyl (C=O) groups is 3. The first-order valence-corrected chi connectivity index (χ1v) is 11.6. The molecule has 35 heavy (non-hydrogen) atoms. The van der Waals surface area contributed by atoms with Crippen molar-refractivity contribution >= 4 is 23.8 Å². The van der Waals surface area contributed by atoms with E-state index in [-0.39, 0.29) is 19.0 Å². The van der Waals surface area contributed by atoms with E-state index in [1.54, 1.807) is 12.1 Å². The summed E-state index contributed by atoms with van der Waals surface area (Å²) in [6, 6.07) is 12.0. The van der Waals surface area contributed by atoms with Gasteiger partial charge in [-0.2, -0.15) is 0 Å². The number of benzene rings is 2. The lowest BCUT2D eigenvalue weighted by molar-refractivity contribution is -0.119.